The van der Waals surface area contributed by atoms with Crippen molar-refractivity contribution in [2.24, 2.45) is 0 Å². The van der Waals surface area contributed by atoms with Gasteiger partial charge in [0.05, 0.1) is 0 Å². The SMILES string of the molecule is CC(=O)O[SiH](C)O[SiH3]. The van der Waals surface area contributed by atoms with Gasteiger partial charge in [0.2, 0.25) is 0 Å². The van der Waals surface area contributed by atoms with Crippen LogP contribution in [0.3, 0.4) is 0 Å². The molecule has 0 amide bonds. The van der Waals surface area contributed by atoms with Gasteiger partial charge >= 0.3 is 9.28 Å². The average molecular weight is 150 g/mol. The Hall–Kier alpha value is -0.136. The highest BCUT2D eigenvalue weighted by Crippen LogP contribution is 1.83. The van der Waals surface area contributed by atoms with Crippen molar-refractivity contribution >= 4 is 25.7 Å². The average Bonchev–Trinajstić information content (AvgIpc) is 1.65. The normalized spacial score (nSPS) is 13.2. The Morgan fingerprint density at radius 3 is 2.38 bits per heavy atom. The van der Waals surface area contributed by atoms with E-state index in [4.69, 9.17) is 8.54 Å². The molecular formula is C3H10O3Si2. The van der Waals surface area contributed by atoms with Crippen LogP contribution in [-0.4, -0.2) is 25.7 Å². The van der Waals surface area contributed by atoms with Crippen molar-refractivity contribution in [3.8, 4) is 0 Å². The summed E-state index contributed by atoms with van der Waals surface area (Å²) < 4.78 is 9.61. The van der Waals surface area contributed by atoms with Crippen LogP contribution in [0.1, 0.15) is 6.92 Å². The molecule has 0 radical (unpaired) electrons. The minimum atomic E-state index is -1.53. The van der Waals surface area contributed by atoms with E-state index in [1.807, 2.05) is 6.55 Å². The molecule has 0 rings (SSSR count). The molecule has 0 aliphatic rings. The fourth-order valence-electron chi connectivity index (χ4n) is 0.282. The fraction of sp³-hybridized carbons (Fsp3) is 0.667. The summed E-state index contributed by atoms with van der Waals surface area (Å²) in [5.74, 6) is -0.236. The fourth-order valence-corrected chi connectivity index (χ4v) is 1.13. The zero-order valence-electron chi connectivity index (χ0n) is 5.30. The molecular weight excluding hydrogens is 140 g/mol. The minimum Gasteiger partial charge on any atom is -0.498 e. The summed E-state index contributed by atoms with van der Waals surface area (Å²) in [5.41, 5.74) is 0. The van der Waals surface area contributed by atoms with Crippen molar-refractivity contribution in [1.29, 1.82) is 0 Å². The molecule has 0 aliphatic carbocycles. The summed E-state index contributed by atoms with van der Waals surface area (Å²) in [6.45, 7) is 3.22. The van der Waals surface area contributed by atoms with Crippen molar-refractivity contribution < 1.29 is 13.3 Å². The predicted octanol–water partition coefficient (Wildman–Crippen LogP) is -1.30. The second-order valence-electron chi connectivity index (χ2n) is 1.41. The summed E-state index contributed by atoms with van der Waals surface area (Å²) in [6, 6.07) is 0. The molecule has 0 N–H and O–H groups in total. The van der Waals surface area contributed by atoms with E-state index in [0.29, 0.717) is 10.5 Å². The van der Waals surface area contributed by atoms with Crippen molar-refractivity contribution in [1.82, 2.24) is 0 Å². The molecule has 0 aromatic rings. The molecule has 3 nitrogen and oxygen atoms in total. The maximum Gasteiger partial charge on any atom is 0.371 e. The van der Waals surface area contributed by atoms with E-state index in [2.05, 4.69) is 0 Å². The monoisotopic (exact) mass is 150 g/mol. The minimum absolute atomic E-state index is 0.236. The third-order valence-electron chi connectivity index (χ3n) is 0.664. The molecule has 8 heavy (non-hydrogen) atoms. The lowest BCUT2D eigenvalue weighted by Crippen LogP contribution is -2.19. The van der Waals surface area contributed by atoms with Gasteiger partial charge in [-0.2, -0.15) is 0 Å². The molecule has 5 heteroatoms. The second-order valence-corrected chi connectivity index (χ2v) is 4.67. The Morgan fingerprint density at radius 2 is 2.25 bits per heavy atom. The molecule has 1 atom stereocenters. The van der Waals surface area contributed by atoms with Crippen LogP contribution < -0.4 is 0 Å². The Kier molecular flexibility index (Phi) is 3.75. The molecule has 0 bridgehead atoms. The highest BCUT2D eigenvalue weighted by atomic mass is 28.3. The smallest absolute Gasteiger partial charge is 0.371 e. The van der Waals surface area contributed by atoms with E-state index < -0.39 is 9.28 Å². The molecule has 0 aliphatic heterocycles. The van der Waals surface area contributed by atoms with E-state index in [9.17, 15) is 4.79 Å². The Labute approximate surface area is 53.4 Å². The van der Waals surface area contributed by atoms with Crippen LogP contribution in [0.2, 0.25) is 6.55 Å². The highest BCUT2D eigenvalue weighted by Gasteiger charge is 2.03. The van der Waals surface area contributed by atoms with Gasteiger partial charge in [-0.1, -0.05) is 0 Å². The summed E-state index contributed by atoms with van der Waals surface area (Å²) in [6.07, 6.45) is 0. The number of hydrogen-bond donors (Lipinski definition) is 0. The second kappa shape index (κ2) is 3.82. The first-order valence-electron chi connectivity index (χ1n) is 2.37. The number of rotatable bonds is 2. The zero-order chi connectivity index (χ0) is 6.57. The van der Waals surface area contributed by atoms with Crippen LogP contribution in [0.5, 0.6) is 0 Å². The lowest BCUT2D eigenvalue weighted by Gasteiger charge is -2.05. The van der Waals surface area contributed by atoms with Gasteiger partial charge in [-0.05, 0) is 6.55 Å². The van der Waals surface area contributed by atoms with Gasteiger partial charge in [-0.3, -0.25) is 4.79 Å². The van der Waals surface area contributed by atoms with Crippen LogP contribution in [0.15, 0.2) is 0 Å². The van der Waals surface area contributed by atoms with Crippen LogP contribution in [-0.2, 0) is 13.3 Å². The topological polar surface area (TPSA) is 35.5 Å². The molecule has 0 spiro atoms. The van der Waals surface area contributed by atoms with E-state index in [1.54, 1.807) is 0 Å². The molecule has 0 fully saturated rings. The Bertz CT molecular complexity index is 84.6. The summed E-state index contributed by atoms with van der Waals surface area (Å²) in [7, 11) is -0.864. The van der Waals surface area contributed by atoms with E-state index in [1.165, 1.54) is 6.92 Å². The molecule has 0 aromatic carbocycles. The van der Waals surface area contributed by atoms with Gasteiger partial charge in [0, 0.05) is 6.92 Å². The van der Waals surface area contributed by atoms with Crippen molar-refractivity contribution in [3.63, 3.8) is 0 Å². The first-order valence-corrected chi connectivity index (χ1v) is 5.28. The molecule has 1 unspecified atom stereocenters. The van der Waals surface area contributed by atoms with Crippen molar-refractivity contribution in [3.05, 3.63) is 0 Å². The van der Waals surface area contributed by atoms with E-state index in [-0.39, 0.29) is 5.97 Å². The van der Waals surface area contributed by atoms with Crippen molar-refractivity contribution in [2.45, 2.75) is 13.5 Å². The van der Waals surface area contributed by atoms with Crippen LogP contribution >= 0.6 is 0 Å². The zero-order valence-corrected chi connectivity index (χ0v) is 8.46. The first kappa shape index (κ1) is 7.86. The van der Waals surface area contributed by atoms with Gasteiger partial charge in [-0.25, -0.2) is 0 Å². The largest absolute Gasteiger partial charge is 0.498 e. The van der Waals surface area contributed by atoms with Gasteiger partial charge in [0.1, 0.15) is 10.5 Å². The lowest BCUT2D eigenvalue weighted by atomic mass is 10.9. The lowest BCUT2D eigenvalue weighted by molar-refractivity contribution is -0.132. The molecule has 0 saturated carbocycles. The third-order valence-corrected chi connectivity index (χ3v) is 3.98. The summed E-state index contributed by atoms with van der Waals surface area (Å²) >= 11 is 0. The van der Waals surface area contributed by atoms with Crippen LogP contribution in [0.25, 0.3) is 0 Å². The standard InChI is InChI=1S/C3H10O3Si2/c1-3(4)5-8(2)6-7/h8H,1-2,7H3. The quantitative estimate of drug-likeness (QED) is 0.459. The summed E-state index contributed by atoms with van der Waals surface area (Å²) in [5, 5.41) is 0. The molecule has 48 valence electrons. The van der Waals surface area contributed by atoms with Crippen LogP contribution in [0.4, 0.5) is 0 Å². The molecule has 0 aromatic heterocycles. The van der Waals surface area contributed by atoms with Crippen molar-refractivity contribution in [2.75, 3.05) is 0 Å². The maximum absolute atomic E-state index is 10.2. The van der Waals surface area contributed by atoms with Gasteiger partial charge < -0.3 is 8.54 Å². The number of hydrogen-bond acceptors (Lipinski definition) is 3. The third kappa shape index (κ3) is 4.03. The molecule has 0 saturated heterocycles. The first-order chi connectivity index (χ1) is 3.66. The number of carbonyl (C=O) groups excluding carboxylic acids is 1. The number of carbonyl (C=O) groups is 1. The van der Waals surface area contributed by atoms with Crippen LogP contribution in [0, 0.1) is 0 Å². The predicted molar refractivity (Wildman–Crippen MR) is 35.8 cm³/mol. The summed E-state index contributed by atoms with van der Waals surface area (Å²) in [4.78, 5) is 10.2. The van der Waals surface area contributed by atoms with Gasteiger partial charge in [0.25, 0.3) is 5.97 Å². The van der Waals surface area contributed by atoms with Gasteiger partial charge in [-0.15, -0.1) is 0 Å². The molecule has 0 heterocycles. The van der Waals surface area contributed by atoms with Gasteiger partial charge in [0.15, 0.2) is 0 Å². The Morgan fingerprint density at radius 1 is 1.75 bits per heavy atom. The highest BCUT2D eigenvalue weighted by molar-refractivity contribution is 6.49. The maximum atomic E-state index is 10.2. The Balaban J connectivity index is 3.24. The van der Waals surface area contributed by atoms with E-state index in [0.717, 1.165) is 0 Å². The van der Waals surface area contributed by atoms with E-state index >= 15 is 0 Å².